The summed E-state index contributed by atoms with van der Waals surface area (Å²) < 4.78 is 2.70. The summed E-state index contributed by atoms with van der Waals surface area (Å²) >= 11 is 3.38. The van der Waals surface area contributed by atoms with Crippen molar-refractivity contribution in [3.63, 3.8) is 0 Å². The van der Waals surface area contributed by atoms with Crippen molar-refractivity contribution in [1.82, 2.24) is 20.0 Å². The van der Waals surface area contributed by atoms with Crippen molar-refractivity contribution < 1.29 is 4.79 Å². The van der Waals surface area contributed by atoms with Crippen LogP contribution < -0.4 is 5.32 Å². The highest BCUT2D eigenvalue weighted by molar-refractivity contribution is 9.10. The number of amides is 1. The van der Waals surface area contributed by atoms with Gasteiger partial charge in [-0.25, -0.2) is 4.68 Å². The van der Waals surface area contributed by atoms with Crippen LogP contribution in [0.25, 0.3) is 5.69 Å². The molecule has 1 aromatic carbocycles. The van der Waals surface area contributed by atoms with E-state index in [1.807, 2.05) is 30.5 Å². The Labute approximate surface area is 151 Å². The third-order valence-electron chi connectivity index (χ3n) is 4.33. The first kappa shape index (κ1) is 17.2. The number of piperidine rings is 1. The number of hydrogen-bond acceptors (Lipinski definition) is 3. The average molecular weight is 391 g/mol. The Bertz CT molecular complexity index is 662. The number of nitrogens with one attached hydrogen (secondary N) is 1. The Hall–Kier alpha value is -1.66. The van der Waals surface area contributed by atoms with Gasteiger partial charge < -0.3 is 10.2 Å². The summed E-state index contributed by atoms with van der Waals surface area (Å²) in [6, 6.07) is 7.49. The third kappa shape index (κ3) is 4.68. The molecule has 3 rings (SSSR count). The molecular weight excluding hydrogens is 368 g/mol. The molecule has 5 nitrogen and oxygen atoms in total. The van der Waals surface area contributed by atoms with E-state index in [2.05, 4.69) is 31.2 Å². The Kier molecular flexibility index (Phi) is 6.04. The molecule has 0 saturated carbocycles. The van der Waals surface area contributed by atoms with Crippen molar-refractivity contribution in [1.29, 1.82) is 0 Å². The standard InChI is InChI=1S/C18H23BrN4O/c19-16-13-21-23(14-16)17-7-5-15(6-8-17)18(24)20-9-4-12-22-10-2-1-3-11-22/h5-8,13-14H,1-4,9-12H2,(H,20,24). The topological polar surface area (TPSA) is 50.2 Å². The lowest BCUT2D eigenvalue weighted by atomic mass is 10.1. The minimum absolute atomic E-state index is 0.0122. The van der Waals surface area contributed by atoms with Crippen LogP contribution in [0.2, 0.25) is 0 Å². The zero-order valence-corrected chi connectivity index (χ0v) is 15.3. The third-order valence-corrected chi connectivity index (χ3v) is 4.74. The maximum Gasteiger partial charge on any atom is 0.251 e. The first-order valence-electron chi connectivity index (χ1n) is 8.53. The second-order valence-corrected chi connectivity index (χ2v) is 7.08. The van der Waals surface area contributed by atoms with Crippen molar-refractivity contribution in [2.24, 2.45) is 0 Å². The Morgan fingerprint density at radius 1 is 1.17 bits per heavy atom. The molecule has 6 heteroatoms. The molecule has 1 aromatic heterocycles. The maximum atomic E-state index is 12.2. The summed E-state index contributed by atoms with van der Waals surface area (Å²) in [7, 11) is 0. The lowest BCUT2D eigenvalue weighted by molar-refractivity contribution is 0.0951. The van der Waals surface area contributed by atoms with E-state index in [1.165, 1.54) is 32.4 Å². The Morgan fingerprint density at radius 3 is 2.58 bits per heavy atom. The van der Waals surface area contributed by atoms with E-state index in [0.29, 0.717) is 5.56 Å². The van der Waals surface area contributed by atoms with Gasteiger partial charge in [-0.3, -0.25) is 4.79 Å². The zero-order valence-electron chi connectivity index (χ0n) is 13.7. The lowest BCUT2D eigenvalue weighted by Crippen LogP contribution is -2.33. The fraction of sp³-hybridized carbons (Fsp3) is 0.444. The second kappa shape index (κ2) is 8.44. The number of rotatable bonds is 6. The monoisotopic (exact) mass is 390 g/mol. The van der Waals surface area contributed by atoms with Crippen molar-refractivity contribution in [3.05, 3.63) is 46.7 Å². The van der Waals surface area contributed by atoms with Crippen LogP contribution in [0.4, 0.5) is 0 Å². The minimum Gasteiger partial charge on any atom is -0.352 e. The maximum absolute atomic E-state index is 12.2. The van der Waals surface area contributed by atoms with E-state index < -0.39 is 0 Å². The molecule has 2 aromatic rings. The number of aromatic nitrogens is 2. The van der Waals surface area contributed by atoms with Gasteiger partial charge in [-0.15, -0.1) is 0 Å². The van der Waals surface area contributed by atoms with Crippen LogP contribution in [-0.4, -0.2) is 46.8 Å². The van der Waals surface area contributed by atoms with Crippen LogP contribution in [0.1, 0.15) is 36.0 Å². The minimum atomic E-state index is -0.0122. The summed E-state index contributed by atoms with van der Waals surface area (Å²) in [6.07, 6.45) is 8.61. The molecule has 2 heterocycles. The lowest BCUT2D eigenvalue weighted by Gasteiger charge is -2.26. The fourth-order valence-corrected chi connectivity index (χ4v) is 3.28. The number of halogens is 1. The Morgan fingerprint density at radius 2 is 1.92 bits per heavy atom. The highest BCUT2D eigenvalue weighted by Gasteiger charge is 2.10. The quantitative estimate of drug-likeness (QED) is 0.770. The van der Waals surface area contributed by atoms with Crippen molar-refractivity contribution >= 4 is 21.8 Å². The number of carbonyl (C=O) groups excluding carboxylic acids is 1. The molecule has 1 aliphatic heterocycles. The highest BCUT2D eigenvalue weighted by atomic mass is 79.9. The largest absolute Gasteiger partial charge is 0.352 e. The smallest absolute Gasteiger partial charge is 0.251 e. The molecule has 0 aliphatic carbocycles. The van der Waals surface area contributed by atoms with Crippen LogP contribution >= 0.6 is 15.9 Å². The van der Waals surface area contributed by atoms with Gasteiger partial charge in [0.15, 0.2) is 0 Å². The van der Waals surface area contributed by atoms with Crippen LogP contribution in [0.15, 0.2) is 41.1 Å². The molecule has 0 radical (unpaired) electrons. The number of nitrogens with zero attached hydrogens (tertiary/aromatic N) is 3. The number of likely N-dealkylation sites (tertiary alicyclic amines) is 1. The van der Waals surface area contributed by atoms with E-state index in [4.69, 9.17) is 0 Å². The van der Waals surface area contributed by atoms with E-state index in [9.17, 15) is 4.79 Å². The summed E-state index contributed by atoms with van der Waals surface area (Å²) in [4.78, 5) is 14.7. The number of benzene rings is 1. The van der Waals surface area contributed by atoms with Crippen molar-refractivity contribution in [2.75, 3.05) is 26.2 Å². The van der Waals surface area contributed by atoms with Crippen molar-refractivity contribution in [2.45, 2.75) is 25.7 Å². The molecule has 24 heavy (non-hydrogen) atoms. The molecule has 0 atom stereocenters. The van der Waals surface area contributed by atoms with Gasteiger partial charge in [-0.2, -0.15) is 5.10 Å². The molecule has 1 amide bonds. The summed E-state index contributed by atoms with van der Waals surface area (Å²) in [5, 5.41) is 7.24. The summed E-state index contributed by atoms with van der Waals surface area (Å²) in [5.74, 6) is -0.0122. The van der Waals surface area contributed by atoms with Crippen LogP contribution in [0.3, 0.4) is 0 Å². The number of carbonyl (C=O) groups is 1. The van der Waals surface area contributed by atoms with Gasteiger partial charge in [-0.05, 0) is 79.1 Å². The average Bonchev–Trinajstić information content (AvgIpc) is 3.06. The highest BCUT2D eigenvalue weighted by Crippen LogP contribution is 2.13. The van der Waals surface area contributed by atoms with Gasteiger partial charge in [0.25, 0.3) is 5.91 Å². The molecule has 0 spiro atoms. The van der Waals surface area contributed by atoms with Gasteiger partial charge in [0.1, 0.15) is 0 Å². The molecule has 0 unspecified atom stereocenters. The predicted octanol–water partition coefficient (Wildman–Crippen LogP) is 3.24. The van der Waals surface area contributed by atoms with E-state index in [1.54, 1.807) is 10.9 Å². The molecular formula is C18H23BrN4O. The second-order valence-electron chi connectivity index (χ2n) is 6.16. The molecule has 0 bridgehead atoms. The summed E-state index contributed by atoms with van der Waals surface area (Å²) in [5.41, 5.74) is 1.62. The molecule has 1 N–H and O–H groups in total. The molecule has 128 valence electrons. The Balaban J connectivity index is 1.44. The molecule has 1 fully saturated rings. The van der Waals surface area contributed by atoms with Crippen molar-refractivity contribution in [3.8, 4) is 5.69 Å². The fourth-order valence-electron chi connectivity index (χ4n) is 3.00. The zero-order chi connectivity index (χ0) is 16.8. The van der Waals surface area contributed by atoms with Gasteiger partial charge in [0.2, 0.25) is 0 Å². The normalized spacial score (nSPS) is 15.4. The SMILES string of the molecule is O=C(NCCCN1CCCCC1)c1ccc(-n2cc(Br)cn2)cc1. The van der Waals surface area contributed by atoms with E-state index >= 15 is 0 Å². The van der Waals surface area contributed by atoms with E-state index in [0.717, 1.165) is 29.7 Å². The first-order chi connectivity index (χ1) is 11.7. The number of hydrogen-bond donors (Lipinski definition) is 1. The van der Waals surface area contributed by atoms with Gasteiger partial charge in [0, 0.05) is 18.3 Å². The first-order valence-corrected chi connectivity index (χ1v) is 9.33. The van der Waals surface area contributed by atoms with Gasteiger partial charge in [-0.1, -0.05) is 6.42 Å². The van der Waals surface area contributed by atoms with Gasteiger partial charge >= 0.3 is 0 Å². The van der Waals surface area contributed by atoms with Crippen LogP contribution in [-0.2, 0) is 0 Å². The van der Waals surface area contributed by atoms with Gasteiger partial charge in [0.05, 0.1) is 16.4 Å². The molecule has 1 saturated heterocycles. The predicted molar refractivity (Wildman–Crippen MR) is 98.5 cm³/mol. The van der Waals surface area contributed by atoms with E-state index in [-0.39, 0.29) is 5.91 Å². The summed E-state index contributed by atoms with van der Waals surface area (Å²) in [6.45, 7) is 4.22. The molecule has 1 aliphatic rings. The van der Waals surface area contributed by atoms with Crippen LogP contribution in [0, 0.1) is 0 Å². The van der Waals surface area contributed by atoms with Crippen LogP contribution in [0.5, 0.6) is 0 Å².